The Morgan fingerprint density at radius 1 is 1.08 bits per heavy atom. The lowest BCUT2D eigenvalue weighted by Crippen LogP contribution is -2.21. The molecule has 0 unspecified atom stereocenters. The molecular formula is C18H21N3O3. The van der Waals surface area contributed by atoms with E-state index >= 15 is 0 Å². The number of aromatic nitrogens is 2. The molecule has 6 heteroatoms. The molecule has 0 radical (unpaired) electrons. The number of aliphatic hydroxyl groups excluding tert-OH is 1. The first-order valence-electron chi connectivity index (χ1n) is 7.79. The molecule has 6 nitrogen and oxygen atoms in total. The van der Waals surface area contributed by atoms with Crippen LogP contribution in [-0.2, 0) is 20.6 Å². The van der Waals surface area contributed by atoms with E-state index < -0.39 is 6.10 Å². The number of nitrogens with one attached hydrogen (secondary N) is 1. The van der Waals surface area contributed by atoms with Crippen LogP contribution in [0.1, 0.15) is 17.2 Å². The Morgan fingerprint density at radius 2 is 1.83 bits per heavy atom. The standard InChI is InChI=1S/C18H21N3O3/c1-20-15-7-6-12(8-16(15)21(2)18(20)24)10-19-11-17(23)13-4-3-5-14(22)9-13/h3-9,17,19,22-23H,10-11H2,1-2H3/t17-/m1/s1. The highest BCUT2D eigenvalue weighted by atomic mass is 16.3. The molecule has 3 aromatic rings. The van der Waals surface area contributed by atoms with Crippen LogP contribution >= 0.6 is 0 Å². The highest BCUT2D eigenvalue weighted by Gasteiger charge is 2.10. The van der Waals surface area contributed by atoms with Crippen LogP contribution in [0.3, 0.4) is 0 Å². The van der Waals surface area contributed by atoms with Gasteiger partial charge in [0, 0.05) is 27.2 Å². The van der Waals surface area contributed by atoms with Crippen LogP contribution in [-0.4, -0.2) is 25.9 Å². The molecule has 0 aliphatic rings. The second kappa shape index (κ2) is 6.51. The monoisotopic (exact) mass is 327 g/mol. The Kier molecular flexibility index (Phi) is 4.42. The average molecular weight is 327 g/mol. The quantitative estimate of drug-likeness (QED) is 0.662. The maximum absolute atomic E-state index is 11.9. The van der Waals surface area contributed by atoms with Gasteiger partial charge in [0.1, 0.15) is 5.75 Å². The third-order valence-corrected chi connectivity index (χ3v) is 4.26. The van der Waals surface area contributed by atoms with Crippen molar-refractivity contribution in [1.29, 1.82) is 0 Å². The van der Waals surface area contributed by atoms with E-state index in [-0.39, 0.29) is 11.4 Å². The fourth-order valence-electron chi connectivity index (χ4n) is 2.87. The van der Waals surface area contributed by atoms with E-state index in [0.29, 0.717) is 18.7 Å². The zero-order chi connectivity index (χ0) is 17.3. The number of aromatic hydroxyl groups is 1. The molecule has 1 heterocycles. The van der Waals surface area contributed by atoms with Gasteiger partial charge in [-0.3, -0.25) is 9.13 Å². The van der Waals surface area contributed by atoms with Gasteiger partial charge in [0.2, 0.25) is 0 Å². The maximum atomic E-state index is 11.9. The molecule has 3 rings (SSSR count). The number of benzene rings is 2. The zero-order valence-corrected chi connectivity index (χ0v) is 13.7. The molecule has 0 saturated carbocycles. The van der Waals surface area contributed by atoms with E-state index in [1.165, 1.54) is 0 Å². The molecule has 126 valence electrons. The summed E-state index contributed by atoms with van der Waals surface area (Å²) in [5.41, 5.74) is 3.44. The van der Waals surface area contributed by atoms with Crippen molar-refractivity contribution >= 4 is 11.0 Å². The third kappa shape index (κ3) is 3.06. The molecule has 24 heavy (non-hydrogen) atoms. The summed E-state index contributed by atoms with van der Waals surface area (Å²) in [6, 6.07) is 12.5. The van der Waals surface area contributed by atoms with Crippen molar-refractivity contribution in [2.75, 3.05) is 6.54 Å². The van der Waals surface area contributed by atoms with Gasteiger partial charge in [0.15, 0.2) is 0 Å². The number of nitrogens with zero attached hydrogens (tertiary/aromatic N) is 2. The highest BCUT2D eigenvalue weighted by molar-refractivity contribution is 5.76. The SMILES string of the molecule is Cn1c(=O)n(C)c2cc(CNC[C@@H](O)c3cccc(O)c3)ccc21. The van der Waals surface area contributed by atoms with E-state index in [2.05, 4.69) is 5.32 Å². The fraction of sp³-hybridized carbons (Fsp3) is 0.278. The van der Waals surface area contributed by atoms with E-state index in [1.807, 2.05) is 18.2 Å². The summed E-state index contributed by atoms with van der Waals surface area (Å²) in [6.45, 7) is 0.949. The van der Waals surface area contributed by atoms with Gasteiger partial charge in [0.25, 0.3) is 0 Å². The van der Waals surface area contributed by atoms with E-state index in [4.69, 9.17) is 0 Å². The molecule has 3 N–H and O–H groups in total. The van der Waals surface area contributed by atoms with Gasteiger partial charge in [-0.15, -0.1) is 0 Å². The number of phenols is 1. The summed E-state index contributed by atoms with van der Waals surface area (Å²) in [5, 5.41) is 22.8. The van der Waals surface area contributed by atoms with E-state index in [0.717, 1.165) is 16.6 Å². The second-order valence-corrected chi connectivity index (χ2v) is 5.97. The Morgan fingerprint density at radius 3 is 2.58 bits per heavy atom. The van der Waals surface area contributed by atoms with Crippen molar-refractivity contribution in [3.05, 3.63) is 64.1 Å². The van der Waals surface area contributed by atoms with Crippen LogP contribution < -0.4 is 11.0 Å². The van der Waals surface area contributed by atoms with Crippen molar-refractivity contribution in [2.24, 2.45) is 14.1 Å². The number of hydrogen-bond acceptors (Lipinski definition) is 4. The number of aryl methyl sites for hydroxylation is 2. The Balaban J connectivity index is 1.68. The van der Waals surface area contributed by atoms with Crippen molar-refractivity contribution in [3.8, 4) is 5.75 Å². The fourth-order valence-corrected chi connectivity index (χ4v) is 2.87. The van der Waals surface area contributed by atoms with Gasteiger partial charge in [-0.1, -0.05) is 18.2 Å². The summed E-state index contributed by atoms with van der Waals surface area (Å²) in [5.74, 6) is 0.141. The molecular weight excluding hydrogens is 306 g/mol. The molecule has 1 aromatic heterocycles. The summed E-state index contributed by atoms with van der Waals surface area (Å²) >= 11 is 0. The molecule has 0 amide bonds. The minimum Gasteiger partial charge on any atom is -0.508 e. The summed E-state index contributed by atoms with van der Waals surface area (Å²) in [7, 11) is 3.52. The van der Waals surface area contributed by atoms with Crippen LogP contribution in [0.25, 0.3) is 11.0 Å². The molecule has 1 atom stereocenters. The second-order valence-electron chi connectivity index (χ2n) is 5.97. The lowest BCUT2D eigenvalue weighted by molar-refractivity contribution is 0.174. The maximum Gasteiger partial charge on any atom is 0.328 e. The van der Waals surface area contributed by atoms with E-state index in [9.17, 15) is 15.0 Å². The smallest absolute Gasteiger partial charge is 0.328 e. The number of hydrogen-bond donors (Lipinski definition) is 3. The van der Waals surface area contributed by atoms with Crippen molar-refractivity contribution in [3.63, 3.8) is 0 Å². The summed E-state index contributed by atoms with van der Waals surface area (Å²) < 4.78 is 3.25. The predicted molar refractivity (Wildman–Crippen MR) is 92.9 cm³/mol. The summed E-state index contributed by atoms with van der Waals surface area (Å²) in [6.07, 6.45) is -0.693. The molecule has 0 spiro atoms. The Bertz CT molecular complexity index is 927. The number of rotatable bonds is 5. The van der Waals surface area contributed by atoms with Crippen molar-refractivity contribution in [2.45, 2.75) is 12.6 Å². The van der Waals surface area contributed by atoms with Crippen LogP contribution in [0.5, 0.6) is 5.75 Å². The van der Waals surface area contributed by atoms with Crippen LogP contribution in [0, 0.1) is 0 Å². The number of phenolic OH excluding ortho intramolecular Hbond substituents is 1. The van der Waals surface area contributed by atoms with Gasteiger partial charge in [-0.2, -0.15) is 0 Å². The lowest BCUT2D eigenvalue weighted by Gasteiger charge is -2.12. The van der Waals surface area contributed by atoms with Gasteiger partial charge < -0.3 is 15.5 Å². The minimum atomic E-state index is -0.693. The first-order valence-corrected chi connectivity index (χ1v) is 7.79. The molecule has 2 aromatic carbocycles. The minimum absolute atomic E-state index is 0.0468. The van der Waals surface area contributed by atoms with Gasteiger partial charge >= 0.3 is 5.69 Å². The molecule has 0 aliphatic carbocycles. The lowest BCUT2D eigenvalue weighted by atomic mass is 10.1. The molecule has 0 saturated heterocycles. The Hall–Kier alpha value is -2.57. The number of fused-ring (bicyclic) bond motifs is 1. The zero-order valence-electron chi connectivity index (χ0n) is 13.7. The van der Waals surface area contributed by atoms with Crippen molar-refractivity contribution < 1.29 is 10.2 Å². The molecule has 0 bridgehead atoms. The summed E-state index contributed by atoms with van der Waals surface area (Å²) in [4.78, 5) is 11.9. The average Bonchev–Trinajstić information content (AvgIpc) is 2.79. The van der Waals surface area contributed by atoms with Crippen LogP contribution in [0.4, 0.5) is 0 Å². The third-order valence-electron chi connectivity index (χ3n) is 4.26. The first kappa shape index (κ1) is 16.3. The van der Waals surface area contributed by atoms with Gasteiger partial charge in [-0.25, -0.2) is 4.79 Å². The number of imidazole rings is 1. The van der Waals surface area contributed by atoms with Gasteiger partial charge in [-0.05, 0) is 35.4 Å². The van der Waals surface area contributed by atoms with Gasteiger partial charge in [0.05, 0.1) is 17.1 Å². The largest absolute Gasteiger partial charge is 0.508 e. The predicted octanol–water partition coefficient (Wildman–Crippen LogP) is 1.41. The van der Waals surface area contributed by atoms with Crippen molar-refractivity contribution in [1.82, 2.24) is 14.5 Å². The highest BCUT2D eigenvalue weighted by Crippen LogP contribution is 2.18. The normalized spacial score (nSPS) is 12.6. The van der Waals surface area contributed by atoms with Crippen LogP contribution in [0.15, 0.2) is 47.3 Å². The first-order chi connectivity index (χ1) is 11.5. The Labute approximate surface area is 139 Å². The topological polar surface area (TPSA) is 79.4 Å². The van der Waals surface area contributed by atoms with Crippen LogP contribution in [0.2, 0.25) is 0 Å². The number of aliphatic hydroxyl groups is 1. The van der Waals surface area contributed by atoms with E-state index in [1.54, 1.807) is 47.5 Å². The molecule has 0 aliphatic heterocycles. The molecule has 0 fully saturated rings.